The average molecular weight is 288 g/mol. The third-order valence-corrected chi connectivity index (χ3v) is 3.32. The number of nitrogens with zero attached hydrogens (tertiary/aromatic N) is 3. The van der Waals surface area contributed by atoms with Crippen molar-refractivity contribution in [3.05, 3.63) is 23.9 Å². The number of aromatic nitrogens is 1. The molecule has 0 aromatic carbocycles. The second-order valence-corrected chi connectivity index (χ2v) is 4.93. The summed E-state index contributed by atoms with van der Waals surface area (Å²) in [7, 11) is 1.81. The molecule has 1 aromatic rings. The Kier molecular flexibility index (Phi) is 4.82. The standard InChI is InChI=1S/C13H19F3N4/c1-17-12-4-2-3-11(18-12)9-19-5-7-20(8-6-19)10-13(14,15)16/h2-4H,5-10H2,1H3,(H,17,18). The molecule has 1 aromatic heterocycles. The molecule has 0 spiro atoms. The number of hydrogen-bond acceptors (Lipinski definition) is 4. The van der Waals surface area contributed by atoms with Gasteiger partial charge in [0.05, 0.1) is 12.2 Å². The van der Waals surface area contributed by atoms with Crippen LogP contribution in [0, 0.1) is 0 Å². The fraction of sp³-hybridized carbons (Fsp3) is 0.615. The van der Waals surface area contributed by atoms with E-state index in [0.717, 1.165) is 11.5 Å². The van der Waals surface area contributed by atoms with Crippen LogP contribution >= 0.6 is 0 Å². The predicted octanol–water partition coefficient (Wildman–Crippen LogP) is 1.80. The van der Waals surface area contributed by atoms with Crippen molar-refractivity contribution in [3.8, 4) is 0 Å². The van der Waals surface area contributed by atoms with E-state index in [2.05, 4.69) is 15.2 Å². The molecule has 0 unspecified atom stereocenters. The Morgan fingerprint density at radius 3 is 2.40 bits per heavy atom. The molecule has 0 bridgehead atoms. The number of halogens is 3. The second-order valence-electron chi connectivity index (χ2n) is 4.93. The van der Waals surface area contributed by atoms with E-state index >= 15 is 0 Å². The molecule has 1 aliphatic heterocycles. The maximum atomic E-state index is 12.3. The Bertz CT molecular complexity index is 428. The summed E-state index contributed by atoms with van der Waals surface area (Å²) >= 11 is 0. The van der Waals surface area contributed by atoms with Crippen molar-refractivity contribution >= 4 is 5.82 Å². The number of piperazine rings is 1. The lowest BCUT2D eigenvalue weighted by Gasteiger charge is -2.34. The van der Waals surface area contributed by atoms with E-state index in [1.165, 1.54) is 4.90 Å². The maximum Gasteiger partial charge on any atom is 0.401 e. The van der Waals surface area contributed by atoms with Crippen LogP contribution in [-0.4, -0.2) is 60.7 Å². The molecule has 2 rings (SSSR count). The van der Waals surface area contributed by atoms with E-state index in [0.29, 0.717) is 32.7 Å². The summed E-state index contributed by atoms with van der Waals surface area (Å²) in [5.74, 6) is 0.804. The van der Waals surface area contributed by atoms with Crippen molar-refractivity contribution in [1.82, 2.24) is 14.8 Å². The Labute approximate surface area is 116 Å². The minimum atomic E-state index is -4.11. The molecule has 112 valence electrons. The quantitative estimate of drug-likeness (QED) is 0.915. The smallest absolute Gasteiger partial charge is 0.373 e. The van der Waals surface area contributed by atoms with Crippen LogP contribution in [0.15, 0.2) is 18.2 Å². The summed E-state index contributed by atoms with van der Waals surface area (Å²) in [6, 6.07) is 5.74. The largest absolute Gasteiger partial charge is 0.401 e. The van der Waals surface area contributed by atoms with Crippen LogP contribution in [0.25, 0.3) is 0 Å². The number of anilines is 1. The highest BCUT2D eigenvalue weighted by Gasteiger charge is 2.32. The van der Waals surface area contributed by atoms with Crippen molar-refractivity contribution < 1.29 is 13.2 Å². The molecule has 0 amide bonds. The van der Waals surface area contributed by atoms with Gasteiger partial charge in [0.1, 0.15) is 5.82 Å². The van der Waals surface area contributed by atoms with Crippen LogP contribution in [0.1, 0.15) is 5.69 Å². The van der Waals surface area contributed by atoms with Gasteiger partial charge >= 0.3 is 6.18 Å². The fourth-order valence-electron chi connectivity index (χ4n) is 2.30. The predicted molar refractivity (Wildman–Crippen MR) is 71.6 cm³/mol. The topological polar surface area (TPSA) is 31.4 Å². The van der Waals surface area contributed by atoms with E-state index in [9.17, 15) is 13.2 Å². The zero-order chi connectivity index (χ0) is 14.6. The van der Waals surface area contributed by atoms with Gasteiger partial charge in [-0.15, -0.1) is 0 Å². The Balaban J connectivity index is 1.82. The monoisotopic (exact) mass is 288 g/mol. The highest BCUT2D eigenvalue weighted by atomic mass is 19.4. The summed E-state index contributed by atoms with van der Waals surface area (Å²) in [4.78, 5) is 8.00. The Morgan fingerprint density at radius 2 is 1.80 bits per heavy atom. The molecule has 20 heavy (non-hydrogen) atoms. The first-order chi connectivity index (χ1) is 9.46. The summed E-state index contributed by atoms with van der Waals surface area (Å²) in [6.07, 6.45) is -4.11. The molecule has 0 radical (unpaired) electrons. The molecule has 0 aliphatic carbocycles. The summed E-state index contributed by atoms with van der Waals surface area (Å²) in [5, 5.41) is 2.97. The van der Waals surface area contributed by atoms with Gasteiger partial charge in [-0.2, -0.15) is 13.2 Å². The summed E-state index contributed by atoms with van der Waals surface area (Å²) < 4.78 is 36.9. The van der Waals surface area contributed by atoms with Crippen molar-refractivity contribution in [2.75, 3.05) is 45.1 Å². The normalized spacial score (nSPS) is 18.2. The molecule has 0 atom stereocenters. The molecule has 4 nitrogen and oxygen atoms in total. The summed E-state index contributed by atoms with van der Waals surface area (Å²) in [5.41, 5.74) is 0.932. The van der Waals surface area contributed by atoms with Gasteiger partial charge in [0.2, 0.25) is 0 Å². The lowest BCUT2D eigenvalue weighted by atomic mass is 10.2. The van der Waals surface area contributed by atoms with Gasteiger partial charge in [-0.25, -0.2) is 4.98 Å². The van der Waals surface area contributed by atoms with E-state index in [1.807, 2.05) is 25.2 Å². The highest BCUT2D eigenvalue weighted by molar-refractivity contribution is 5.34. The van der Waals surface area contributed by atoms with Crippen LogP contribution in [-0.2, 0) is 6.54 Å². The van der Waals surface area contributed by atoms with Crippen LogP contribution in [0.4, 0.5) is 19.0 Å². The fourth-order valence-corrected chi connectivity index (χ4v) is 2.30. The zero-order valence-corrected chi connectivity index (χ0v) is 11.5. The molecular formula is C13H19F3N4. The number of nitrogens with one attached hydrogen (secondary N) is 1. The minimum Gasteiger partial charge on any atom is -0.373 e. The van der Waals surface area contributed by atoms with Gasteiger partial charge in [-0.3, -0.25) is 9.80 Å². The van der Waals surface area contributed by atoms with Gasteiger partial charge in [-0.05, 0) is 12.1 Å². The zero-order valence-electron chi connectivity index (χ0n) is 11.5. The molecule has 7 heteroatoms. The first-order valence-corrected chi connectivity index (χ1v) is 6.61. The lowest BCUT2D eigenvalue weighted by molar-refractivity contribution is -0.149. The molecule has 1 aliphatic rings. The number of alkyl halides is 3. The Morgan fingerprint density at radius 1 is 1.15 bits per heavy atom. The number of pyridine rings is 1. The van der Waals surface area contributed by atoms with Crippen LogP contribution in [0.2, 0.25) is 0 Å². The van der Waals surface area contributed by atoms with Gasteiger partial charge in [-0.1, -0.05) is 6.07 Å². The molecule has 1 N–H and O–H groups in total. The minimum absolute atomic E-state index is 0.450. The highest BCUT2D eigenvalue weighted by Crippen LogP contribution is 2.18. The third-order valence-electron chi connectivity index (χ3n) is 3.32. The third kappa shape index (κ3) is 4.64. The van der Waals surface area contributed by atoms with E-state index in [4.69, 9.17) is 0 Å². The first kappa shape index (κ1) is 15.1. The Hall–Kier alpha value is -1.34. The van der Waals surface area contributed by atoms with E-state index in [1.54, 1.807) is 0 Å². The van der Waals surface area contributed by atoms with Crippen molar-refractivity contribution in [3.63, 3.8) is 0 Å². The second kappa shape index (κ2) is 6.41. The first-order valence-electron chi connectivity index (χ1n) is 6.61. The van der Waals surface area contributed by atoms with Gasteiger partial charge in [0.25, 0.3) is 0 Å². The molecular weight excluding hydrogens is 269 g/mol. The van der Waals surface area contributed by atoms with E-state index < -0.39 is 12.7 Å². The average Bonchev–Trinajstić information content (AvgIpc) is 2.40. The number of hydrogen-bond donors (Lipinski definition) is 1. The van der Waals surface area contributed by atoms with Gasteiger partial charge in [0.15, 0.2) is 0 Å². The maximum absolute atomic E-state index is 12.3. The van der Waals surface area contributed by atoms with Crippen molar-refractivity contribution in [1.29, 1.82) is 0 Å². The summed E-state index contributed by atoms with van der Waals surface area (Å²) in [6.45, 7) is 2.04. The lowest BCUT2D eigenvalue weighted by Crippen LogP contribution is -2.48. The van der Waals surface area contributed by atoms with Gasteiger partial charge < -0.3 is 5.32 Å². The van der Waals surface area contributed by atoms with Crippen LogP contribution in [0.5, 0.6) is 0 Å². The van der Waals surface area contributed by atoms with Crippen LogP contribution < -0.4 is 5.32 Å². The van der Waals surface area contributed by atoms with Crippen LogP contribution in [0.3, 0.4) is 0 Å². The molecule has 0 saturated carbocycles. The van der Waals surface area contributed by atoms with Gasteiger partial charge in [0, 0.05) is 39.8 Å². The SMILES string of the molecule is CNc1cccc(CN2CCN(CC(F)(F)F)CC2)n1. The molecule has 2 heterocycles. The van der Waals surface area contributed by atoms with E-state index in [-0.39, 0.29) is 0 Å². The molecule has 1 fully saturated rings. The number of rotatable bonds is 4. The molecule has 1 saturated heterocycles. The van der Waals surface area contributed by atoms with Crippen molar-refractivity contribution in [2.24, 2.45) is 0 Å². The van der Waals surface area contributed by atoms with Crippen molar-refractivity contribution in [2.45, 2.75) is 12.7 Å².